The van der Waals surface area contributed by atoms with Crippen LogP contribution in [0.4, 0.5) is 0 Å². The zero-order valence-electron chi connectivity index (χ0n) is 8.23. The summed E-state index contributed by atoms with van der Waals surface area (Å²) in [5.74, 6) is 1.45. The summed E-state index contributed by atoms with van der Waals surface area (Å²) in [4.78, 5) is 0. The zero-order valence-corrected chi connectivity index (χ0v) is 8.99. The van der Waals surface area contributed by atoms with E-state index in [0.717, 1.165) is 5.92 Å². The van der Waals surface area contributed by atoms with Crippen LogP contribution in [0.25, 0.3) is 0 Å². The quantitative estimate of drug-likeness (QED) is 0.554. The summed E-state index contributed by atoms with van der Waals surface area (Å²) in [6.07, 6.45) is 3.78. The summed E-state index contributed by atoms with van der Waals surface area (Å²) < 4.78 is 0. The molecule has 0 bridgehead atoms. The molecule has 0 aliphatic carbocycles. The maximum atomic E-state index is 6.10. The zero-order chi connectivity index (χ0) is 8.85. The normalized spacial score (nSPS) is 14.5. The Labute approximate surface area is 76.3 Å². The van der Waals surface area contributed by atoms with Crippen LogP contribution in [0, 0.1) is 11.8 Å². The van der Waals surface area contributed by atoms with Gasteiger partial charge in [-0.1, -0.05) is 40.5 Å². The number of hydrogen-bond acceptors (Lipinski definition) is 0. The minimum absolute atomic E-state index is 0.383. The maximum absolute atomic E-state index is 6.10. The summed E-state index contributed by atoms with van der Waals surface area (Å²) in [6, 6.07) is 0. The van der Waals surface area contributed by atoms with Gasteiger partial charge in [-0.3, -0.25) is 0 Å². The summed E-state index contributed by atoms with van der Waals surface area (Å²) in [6.45, 7) is 8.90. The maximum Gasteiger partial charge on any atom is 0.0359 e. The van der Waals surface area contributed by atoms with Crippen LogP contribution in [0.15, 0.2) is 0 Å². The molecule has 11 heavy (non-hydrogen) atoms. The average Bonchev–Trinajstić information content (AvgIpc) is 1.86. The molecule has 0 radical (unpaired) electrons. The predicted octanol–water partition coefficient (Wildman–Crippen LogP) is 4.08. The van der Waals surface area contributed by atoms with Crippen molar-refractivity contribution in [1.82, 2.24) is 0 Å². The molecule has 0 saturated heterocycles. The summed E-state index contributed by atoms with van der Waals surface area (Å²) >= 11 is 6.10. The summed E-state index contributed by atoms with van der Waals surface area (Å²) in [7, 11) is 0. The van der Waals surface area contributed by atoms with Gasteiger partial charge in [-0.05, 0) is 18.3 Å². The van der Waals surface area contributed by atoms with Gasteiger partial charge in [-0.2, -0.15) is 0 Å². The Morgan fingerprint density at radius 3 is 1.91 bits per heavy atom. The highest BCUT2D eigenvalue weighted by atomic mass is 35.5. The molecule has 0 aromatic heterocycles. The molecule has 0 aromatic rings. The van der Waals surface area contributed by atoms with Crippen LogP contribution in [-0.2, 0) is 0 Å². The van der Waals surface area contributed by atoms with Crippen molar-refractivity contribution in [2.24, 2.45) is 11.8 Å². The Morgan fingerprint density at radius 1 is 1.00 bits per heavy atom. The molecule has 1 atom stereocenters. The van der Waals surface area contributed by atoms with E-state index in [1.807, 2.05) is 0 Å². The lowest BCUT2D eigenvalue weighted by Gasteiger charge is -2.13. The van der Waals surface area contributed by atoms with Gasteiger partial charge in [0.15, 0.2) is 0 Å². The van der Waals surface area contributed by atoms with Crippen LogP contribution in [0.3, 0.4) is 0 Å². The van der Waals surface area contributed by atoms with Crippen molar-refractivity contribution in [1.29, 1.82) is 0 Å². The van der Waals surface area contributed by atoms with Crippen LogP contribution in [-0.4, -0.2) is 5.38 Å². The number of rotatable bonds is 5. The third-order valence-electron chi connectivity index (χ3n) is 1.98. The van der Waals surface area contributed by atoms with Crippen molar-refractivity contribution >= 4 is 11.6 Å². The Kier molecular flexibility index (Phi) is 6.03. The second kappa shape index (κ2) is 5.88. The second-order valence-electron chi connectivity index (χ2n) is 4.08. The lowest BCUT2D eigenvalue weighted by atomic mass is 10.0. The van der Waals surface area contributed by atoms with Crippen molar-refractivity contribution in [3.63, 3.8) is 0 Å². The lowest BCUT2D eigenvalue weighted by Crippen LogP contribution is -2.07. The van der Waals surface area contributed by atoms with Gasteiger partial charge >= 0.3 is 0 Å². The molecule has 0 aliphatic heterocycles. The monoisotopic (exact) mass is 176 g/mol. The summed E-state index contributed by atoms with van der Waals surface area (Å²) in [5.41, 5.74) is 0. The summed E-state index contributed by atoms with van der Waals surface area (Å²) in [5, 5.41) is 0.383. The Hall–Kier alpha value is 0.290. The molecule has 1 unspecified atom stereocenters. The standard InChI is InChI=1S/C10H21Cl/c1-8(2)6-5-7-10(11)9(3)4/h8-10H,5-7H2,1-4H3. The van der Waals surface area contributed by atoms with E-state index in [9.17, 15) is 0 Å². The van der Waals surface area contributed by atoms with Crippen LogP contribution in [0.2, 0.25) is 0 Å². The van der Waals surface area contributed by atoms with Crippen LogP contribution in [0.1, 0.15) is 47.0 Å². The Morgan fingerprint density at radius 2 is 1.55 bits per heavy atom. The van der Waals surface area contributed by atoms with E-state index < -0.39 is 0 Å². The van der Waals surface area contributed by atoms with Crippen molar-refractivity contribution in [3.05, 3.63) is 0 Å². The Bertz CT molecular complexity index is 86.9. The highest BCUT2D eigenvalue weighted by molar-refractivity contribution is 6.20. The third kappa shape index (κ3) is 6.68. The van der Waals surface area contributed by atoms with Gasteiger partial charge in [-0.15, -0.1) is 11.6 Å². The molecular formula is C10H21Cl. The largest absolute Gasteiger partial charge is 0.123 e. The topological polar surface area (TPSA) is 0 Å². The third-order valence-corrected chi connectivity index (χ3v) is 2.71. The number of hydrogen-bond donors (Lipinski definition) is 0. The van der Waals surface area contributed by atoms with Crippen LogP contribution < -0.4 is 0 Å². The molecule has 0 spiro atoms. The first-order valence-corrected chi connectivity index (χ1v) is 5.11. The van der Waals surface area contributed by atoms with Gasteiger partial charge in [-0.25, -0.2) is 0 Å². The van der Waals surface area contributed by atoms with Gasteiger partial charge in [0.1, 0.15) is 0 Å². The van der Waals surface area contributed by atoms with E-state index in [2.05, 4.69) is 27.7 Å². The minimum Gasteiger partial charge on any atom is -0.123 e. The molecule has 0 nitrogen and oxygen atoms in total. The molecule has 68 valence electrons. The van der Waals surface area contributed by atoms with E-state index >= 15 is 0 Å². The fraction of sp³-hybridized carbons (Fsp3) is 1.00. The molecular weight excluding hydrogens is 156 g/mol. The van der Waals surface area contributed by atoms with E-state index in [1.54, 1.807) is 0 Å². The minimum atomic E-state index is 0.383. The van der Waals surface area contributed by atoms with Crippen molar-refractivity contribution in [3.8, 4) is 0 Å². The molecule has 0 saturated carbocycles. The highest BCUT2D eigenvalue weighted by Crippen LogP contribution is 2.18. The fourth-order valence-corrected chi connectivity index (χ4v) is 1.21. The van der Waals surface area contributed by atoms with Gasteiger partial charge in [0.25, 0.3) is 0 Å². The van der Waals surface area contributed by atoms with E-state index in [-0.39, 0.29) is 0 Å². The van der Waals surface area contributed by atoms with E-state index in [0.29, 0.717) is 11.3 Å². The SMILES string of the molecule is CC(C)CCCC(Cl)C(C)C. The first-order valence-electron chi connectivity index (χ1n) is 4.68. The van der Waals surface area contributed by atoms with Crippen LogP contribution >= 0.6 is 11.6 Å². The van der Waals surface area contributed by atoms with Crippen molar-refractivity contribution in [2.45, 2.75) is 52.3 Å². The second-order valence-corrected chi connectivity index (χ2v) is 4.65. The fourth-order valence-electron chi connectivity index (χ4n) is 1.05. The molecule has 0 N–H and O–H groups in total. The molecule has 0 rings (SSSR count). The Balaban J connectivity index is 3.24. The van der Waals surface area contributed by atoms with E-state index in [1.165, 1.54) is 19.3 Å². The smallest absolute Gasteiger partial charge is 0.0359 e. The predicted molar refractivity (Wildman–Crippen MR) is 53.2 cm³/mol. The van der Waals surface area contributed by atoms with Gasteiger partial charge in [0, 0.05) is 5.38 Å². The van der Waals surface area contributed by atoms with E-state index in [4.69, 9.17) is 11.6 Å². The molecule has 0 heterocycles. The molecule has 0 aromatic carbocycles. The van der Waals surface area contributed by atoms with Gasteiger partial charge in [0.05, 0.1) is 0 Å². The number of alkyl halides is 1. The molecule has 0 fully saturated rings. The van der Waals surface area contributed by atoms with Crippen molar-refractivity contribution < 1.29 is 0 Å². The molecule has 1 heteroatoms. The molecule has 0 aliphatic rings. The van der Waals surface area contributed by atoms with Gasteiger partial charge in [0.2, 0.25) is 0 Å². The molecule has 0 amide bonds. The highest BCUT2D eigenvalue weighted by Gasteiger charge is 2.08. The van der Waals surface area contributed by atoms with Crippen molar-refractivity contribution in [2.75, 3.05) is 0 Å². The number of halogens is 1. The first-order chi connectivity index (χ1) is 5.04. The van der Waals surface area contributed by atoms with Crippen LogP contribution in [0.5, 0.6) is 0 Å². The first kappa shape index (κ1) is 11.3. The lowest BCUT2D eigenvalue weighted by molar-refractivity contribution is 0.489. The average molecular weight is 177 g/mol. The van der Waals surface area contributed by atoms with Gasteiger partial charge < -0.3 is 0 Å².